The van der Waals surface area contributed by atoms with Crippen molar-refractivity contribution in [3.63, 3.8) is 0 Å². The first-order valence-electron chi connectivity index (χ1n) is 5.70. The van der Waals surface area contributed by atoms with Gasteiger partial charge in [0.15, 0.2) is 0 Å². The van der Waals surface area contributed by atoms with Gasteiger partial charge in [0, 0.05) is 0 Å². The van der Waals surface area contributed by atoms with Gasteiger partial charge in [-0.15, -0.1) is 0 Å². The lowest BCUT2D eigenvalue weighted by Crippen LogP contribution is -2.29. The summed E-state index contributed by atoms with van der Waals surface area (Å²) in [6, 6.07) is 5.56. The van der Waals surface area contributed by atoms with E-state index in [0.717, 1.165) is 6.07 Å². The molecule has 1 aromatic carbocycles. The lowest BCUT2D eigenvalue weighted by molar-refractivity contribution is -0.173. The molecule has 3 nitrogen and oxygen atoms in total. The quantitative estimate of drug-likeness (QED) is 0.761. The highest BCUT2D eigenvalue weighted by Crippen LogP contribution is 2.36. The lowest BCUT2D eigenvalue weighted by Gasteiger charge is -2.19. The Morgan fingerprint density at radius 2 is 1.94 bits per heavy atom. The first-order chi connectivity index (χ1) is 8.39. The summed E-state index contributed by atoms with van der Waals surface area (Å²) in [5, 5.41) is 0. The minimum atomic E-state index is -3.71. The van der Waals surface area contributed by atoms with Crippen molar-refractivity contribution in [2.24, 2.45) is 0 Å². The van der Waals surface area contributed by atoms with Gasteiger partial charge in [0.25, 0.3) is 0 Å². The fourth-order valence-electron chi connectivity index (χ4n) is 1.41. The molecule has 0 aliphatic rings. The Balaban J connectivity index is 3.10. The van der Waals surface area contributed by atoms with E-state index in [0.29, 0.717) is 0 Å². The van der Waals surface area contributed by atoms with Gasteiger partial charge in [-0.05, 0) is 32.9 Å². The maximum atomic E-state index is 13.9. The standard InChI is InChI=1S/C13H16F2O3/c1-4-17-12(16)13(14,15)10-7-5-6-8-11(10)18-9(2)3/h5-9H,4H2,1-3H3. The van der Waals surface area contributed by atoms with Gasteiger partial charge in [-0.3, -0.25) is 0 Å². The van der Waals surface area contributed by atoms with Gasteiger partial charge in [-0.2, -0.15) is 8.78 Å². The SMILES string of the molecule is CCOC(=O)C(F)(F)c1ccccc1OC(C)C. The number of para-hydroxylation sites is 1. The Bertz CT molecular complexity index is 416. The van der Waals surface area contributed by atoms with Crippen LogP contribution in [0, 0.1) is 0 Å². The van der Waals surface area contributed by atoms with Crippen LogP contribution in [-0.2, 0) is 15.5 Å². The molecule has 0 bridgehead atoms. The van der Waals surface area contributed by atoms with E-state index in [4.69, 9.17) is 4.74 Å². The molecule has 0 radical (unpaired) electrons. The van der Waals surface area contributed by atoms with Crippen LogP contribution in [0.15, 0.2) is 24.3 Å². The van der Waals surface area contributed by atoms with Crippen molar-refractivity contribution in [2.45, 2.75) is 32.8 Å². The average molecular weight is 258 g/mol. The number of benzene rings is 1. The number of hydrogen-bond acceptors (Lipinski definition) is 3. The van der Waals surface area contributed by atoms with E-state index in [1.54, 1.807) is 19.9 Å². The number of ether oxygens (including phenoxy) is 2. The highest BCUT2D eigenvalue weighted by Gasteiger charge is 2.45. The largest absolute Gasteiger partial charge is 0.490 e. The van der Waals surface area contributed by atoms with Crippen LogP contribution in [-0.4, -0.2) is 18.7 Å². The molecular weight excluding hydrogens is 242 g/mol. The molecule has 0 saturated carbocycles. The van der Waals surface area contributed by atoms with E-state index in [1.807, 2.05) is 0 Å². The minimum Gasteiger partial charge on any atom is -0.490 e. The van der Waals surface area contributed by atoms with Crippen LogP contribution in [0.2, 0.25) is 0 Å². The molecule has 0 aliphatic heterocycles. The van der Waals surface area contributed by atoms with Crippen LogP contribution in [0.25, 0.3) is 0 Å². The Kier molecular flexibility index (Phi) is 4.64. The zero-order valence-corrected chi connectivity index (χ0v) is 10.6. The summed E-state index contributed by atoms with van der Waals surface area (Å²) >= 11 is 0. The van der Waals surface area contributed by atoms with Crippen molar-refractivity contribution >= 4 is 5.97 Å². The van der Waals surface area contributed by atoms with Gasteiger partial charge >= 0.3 is 11.9 Å². The second-order valence-corrected chi connectivity index (χ2v) is 3.96. The van der Waals surface area contributed by atoms with E-state index in [1.165, 1.54) is 19.1 Å². The molecule has 0 N–H and O–H groups in total. The second-order valence-electron chi connectivity index (χ2n) is 3.96. The smallest absolute Gasteiger partial charge is 0.382 e. The summed E-state index contributed by atoms with van der Waals surface area (Å²) in [6.45, 7) is 4.82. The maximum absolute atomic E-state index is 13.9. The first-order valence-corrected chi connectivity index (χ1v) is 5.70. The van der Waals surface area contributed by atoms with Gasteiger partial charge < -0.3 is 9.47 Å². The zero-order valence-electron chi connectivity index (χ0n) is 10.6. The van der Waals surface area contributed by atoms with Crippen LogP contribution in [0.4, 0.5) is 8.78 Å². The van der Waals surface area contributed by atoms with Crippen LogP contribution >= 0.6 is 0 Å². The molecule has 1 aromatic rings. The van der Waals surface area contributed by atoms with Gasteiger partial charge in [-0.1, -0.05) is 12.1 Å². The van der Waals surface area contributed by atoms with Gasteiger partial charge in [0.2, 0.25) is 0 Å². The van der Waals surface area contributed by atoms with Crippen molar-refractivity contribution in [3.8, 4) is 5.75 Å². The van der Waals surface area contributed by atoms with Gasteiger partial charge in [-0.25, -0.2) is 4.79 Å². The third kappa shape index (κ3) is 3.18. The Morgan fingerprint density at radius 1 is 1.33 bits per heavy atom. The van der Waals surface area contributed by atoms with Crippen molar-refractivity contribution in [3.05, 3.63) is 29.8 Å². The molecule has 0 heterocycles. The van der Waals surface area contributed by atoms with Crippen molar-refractivity contribution in [2.75, 3.05) is 6.61 Å². The van der Waals surface area contributed by atoms with Crippen LogP contribution in [0.3, 0.4) is 0 Å². The highest BCUT2D eigenvalue weighted by atomic mass is 19.3. The van der Waals surface area contributed by atoms with E-state index in [-0.39, 0.29) is 18.5 Å². The molecule has 0 spiro atoms. The molecule has 1 rings (SSSR count). The lowest BCUT2D eigenvalue weighted by atomic mass is 10.1. The third-order valence-corrected chi connectivity index (χ3v) is 2.12. The Hall–Kier alpha value is -1.65. The predicted octanol–water partition coefficient (Wildman–Crippen LogP) is 3.13. The van der Waals surface area contributed by atoms with Crippen LogP contribution in [0.5, 0.6) is 5.75 Å². The highest BCUT2D eigenvalue weighted by molar-refractivity contribution is 5.80. The van der Waals surface area contributed by atoms with E-state index in [9.17, 15) is 13.6 Å². The maximum Gasteiger partial charge on any atom is 0.382 e. The molecule has 0 atom stereocenters. The van der Waals surface area contributed by atoms with E-state index < -0.39 is 17.5 Å². The van der Waals surface area contributed by atoms with Crippen LogP contribution < -0.4 is 4.74 Å². The number of rotatable bonds is 5. The summed E-state index contributed by atoms with van der Waals surface area (Å²) in [5.74, 6) is -5.28. The normalized spacial score (nSPS) is 11.4. The van der Waals surface area contributed by atoms with E-state index >= 15 is 0 Å². The summed E-state index contributed by atoms with van der Waals surface area (Å²) in [4.78, 5) is 11.3. The number of hydrogen-bond donors (Lipinski definition) is 0. The summed E-state index contributed by atoms with van der Waals surface area (Å²) < 4.78 is 37.4. The van der Waals surface area contributed by atoms with Gasteiger partial charge in [0.1, 0.15) is 5.75 Å². The fourth-order valence-corrected chi connectivity index (χ4v) is 1.41. The van der Waals surface area contributed by atoms with Crippen LogP contribution in [0.1, 0.15) is 26.3 Å². The molecule has 0 saturated heterocycles. The molecule has 0 aliphatic carbocycles. The molecule has 0 fully saturated rings. The summed E-state index contributed by atoms with van der Waals surface area (Å²) in [6.07, 6.45) is -0.260. The number of carbonyl (C=O) groups excluding carboxylic acids is 1. The monoisotopic (exact) mass is 258 g/mol. The fraction of sp³-hybridized carbons (Fsp3) is 0.462. The molecule has 0 amide bonds. The number of alkyl halides is 2. The summed E-state index contributed by atoms with van der Waals surface area (Å²) in [5.41, 5.74) is -0.475. The Labute approximate surface area is 105 Å². The third-order valence-electron chi connectivity index (χ3n) is 2.12. The molecule has 0 aromatic heterocycles. The zero-order chi connectivity index (χ0) is 13.8. The average Bonchev–Trinajstić information content (AvgIpc) is 2.29. The molecular formula is C13H16F2O3. The molecule has 18 heavy (non-hydrogen) atoms. The molecule has 0 unspecified atom stereocenters. The van der Waals surface area contributed by atoms with Gasteiger partial charge in [0.05, 0.1) is 18.3 Å². The van der Waals surface area contributed by atoms with Crippen molar-refractivity contribution in [1.82, 2.24) is 0 Å². The number of halogens is 2. The Morgan fingerprint density at radius 3 is 2.50 bits per heavy atom. The number of carbonyl (C=O) groups is 1. The van der Waals surface area contributed by atoms with E-state index in [2.05, 4.69) is 4.74 Å². The second kappa shape index (κ2) is 5.80. The molecule has 5 heteroatoms. The topological polar surface area (TPSA) is 35.5 Å². The molecule has 100 valence electrons. The minimum absolute atomic E-state index is 0.00875. The van der Waals surface area contributed by atoms with Crippen molar-refractivity contribution < 1.29 is 23.0 Å². The summed E-state index contributed by atoms with van der Waals surface area (Å²) in [7, 11) is 0. The predicted molar refractivity (Wildman–Crippen MR) is 62.7 cm³/mol. The van der Waals surface area contributed by atoms with Crippen molar-refractivity contribution in [1.29, 1.82) is 0 Å². The number of esters is 1. The first kappa shape index (κ1) is 14.4.